The molecule has 1 saturated heterocycles. The van der Waals surface area contributed by atoms with E-state index in [1.54, 1.807) is 0 Å². The van der Waals surface area contributed by atoms with Crippen molar-refractivity contribution in [1.29, 1.82) is 0 Å². The van der Waals surface area contributed by atoms with E-state index in [0.29, 0.717) is 4.99 Å². The lowest BCUT2D eigenvalue weighted by Gasteiger charge is -2.25. The Morgan fingerprint density at radius 3 is 2.94 bits per heavy atom. The highest BCUT2D eigenvalue weighted by Gasteiger charge is 2.15. The molecule has 0 atom stereocenters. The van der Waals surface area contributed by atoms with Crippen molar-refractivity contribution >= 4 is 50.6 Å². The Morgan fingerprint density at radius 1 is 1.35 bits per heavy atom. The first-order valence-electron chi connectivity index (χ1n) is 5.60. The number of hydrogen-bond donors (Lipinski definition) is 1. The third-order valence-electron chi connectivity index (χ3n) is 2.79. The average Bonchev–Trinajstić information content (AvgIpc) is 2.57. The fraction of sp³-hybridized carbons (Fsp3) is 0.417. The number of hydrogen-bond acceptors (Lipinski definition) is 3. The van der Waals surface area contributed by atoms with Gasteiger partial charge >= 0.3 is 0 Å². The summed E-state index contributed by atoms with van der Waals surface area (Å²) < 4.78 is 1.02. The van der Waals surface area contributed by atoms with Crippen molar-refractivity contribution in [2.75, 3.05) is 29.5 Å². The monoisotopic (exact) mass is 330 g/mol. The summed E-state index contributed by atoms with van der Waals surface area (Å²) >= 11 is 10.6. The second-order valence-electron chi connectivity index (χ2n) is 3.98. The van der Waals surface area contributed by atoms with Crippen molar-refractivity contribution in [3.05, 3.63) is 28.2 Å². The molecule has 0 saturated carbocycles. The van der Waals surface area contributed by atoms with Gasteiger partial charge in [0.1, 0.15) is 4.99 Å². The van der Waals surface area contributed by atoms with E-state index in [9.17, 15) is 0 Å². The molecule has 0 aliphatic carbocycles. The molecule has 1 aromatic rings. The van der Waals surface area contributed by atoms with Crippen molar-refractivity contribution in [2.45, 2.75) is 6.42 Å². The van der Waals surface area contributed by atoms with Gasteiger partial charge in [0, 0.05) is 34.6 Å². The first-order chi connectivity index (χ1) is 8.18. The minimum atomic E-state index is 0.471. The van der Waals surface area contributed by atoms with E-state index in [2.05, 4.69) is 33.0 Å². The molecule has 0 radical (unpaired) electrons. The molecule has 2 N–H and O–H groups in total. The quantitative estimate of drug-likeness (QED) is 0.844. The van der Waals surface area contributed by atoms with Gasteiger partial charge in [-0.05, 0) is 30.4 Å². The molecular formula is C12H15BrN2S2. The Bertz CT molecular complexity index is 415. The zero-order chi connectivity index (χ0) is 12.3. The Morgan fingerprint density at radius 2 is 2.18 bits per heavy atom. The van der Waals surface area contributed by atoms with Crippen molar-refractivity contribution in [2.24, 2.45) is 5.73 Å². The highest BCUT2D eigenvalue weighted by molar-refractivity contribution is 9.10. The van der Waals surface area contributed by atoms with Crippen LogP contribution in [0.3, 0.4) is 0 Å². The Labute approximate surface area is 120 Å². The molecule has 1 aliphatic rings. The number of halogens is 1. The third kappa shape index (κ3) is 3.36. The molecule has 1 fully saturated rings. The molecule has 1 aromatic carbocycles. The van der Waals surface area contributed by atoms with Crippen LogP contribution >= 0.6 is 39.9 Å². The molecule has 1 heterocycles. The second-order valence-corrected chi connectivity index (χ2v) is 6.56. The van der Waals surface area contributed by atoms with E-state index in [1.807, 2.05) is 17.8 Å². The minimum Gasteiger partial charge on any atom is -0.389 e. The van der Waals surface area contributed by atoms with Crippen LogP contribution in [0.25, 0.3) is 0 Å². The summed E-state index contributed by atoms with van der Waals surface area (Å²) in [5.41, 5.74) is 7.95. The molecular weight excluding hydrogens is 316 g/mol. The summed E-state index contributed by atoms with van der Waals surface area (Å²) in [6.45, 7) is 2.16. The average molecular weight is 331 g/mol. The fourth-order valence-electron chi connectivity index (χ4n) is 1.97. The highest BCUT2D eigenvalue weighted by Crippen LogP contribution is 2.26. The molecule has 17 heavy (non-hydrogen) atoms. The van der Waals surface area contributed by atoms with Crippen LogP contribution in [0.5, 0.6) is 0 Å². The van der Waals surface area contributed by atoms with Crippen molar-refractivity contribution in [1.82, 2.24) is 0 Å². The molecule has 5 heteroatoms. The topological polar surface area (TPSA) is 29.3 Å². The van der Waals surface area contributed by atoms with Crippen LogP contribution in [0.1, 0.15) is 12.0 Å². The van der Waals surface area contributed by atoms with Crippen LogP contribution in [0.15, 0.2) is 22.7 Å². The fourth-order valence-corrected chi connectivity index (χ4v) is 3.38. The molecule has 92 valence electrons. The summed E-state index contributed by atoms with van der Waals surface area (Å²) in [5.74, 6) is 2.42. The van der Waals surface area contributed by atoms with Gasteiger partial charge in [0.05, 0.1) is 0 Å². The molecule has 0 bridgehead atoms. The molecule has 0 unspecified atom stereocenters. The second kappa shape index (κ2) is 6.07. The van der Waals surface area contributed by atoms with Crippen molar-refractivity contribution < 1.29 is 0 Å². The zero-order valence-corrected chi connectivity index (χ0v) is 12.7. The number of nitrogens with zero attached hydrogens (tertiary/aromatic N) is 1. The Kier molecular flexibility index (Phi) is 4.70. The van der Waals surface area contributed by atoms with Crippen LogP contribution in [0.4, 0.5) is 5.69 Å². The number of anilines is 1. The Hall–Kier alpha value is -0.260. The maximum Gasteiger partial charge on any atom is 0.106 e. The largest absolute Gasteiger partial charge is 0.389 e. The predicted molar refractivity (Wildman–Crippen MR) is 84.2 cm³/mol. The molecule has 2 rings (SSSR count). The van der Waals surface area contributed by atoms with E-state index in [-0.39, 0.29) is 0 Å². The van der Waals surface area contributed by atoms with Gasteiger partial charge in [0.2, 0.25) is 0 Å². The molecule has 0 amide bonds. The van der Waals surface area contributed by atoms with E-state index in [4.69, 9.17) is 18.0 Å². The number of nitrogens with two attached hydrogens (primary N) is 1. The third-order valence-corrected chi connectivity index (χ3v) is 4.55. The SMILES string of the molecule is NC(=S)c1cc(Br)ccc1N1CCCSCC1. The zero-order valence-electron chi connectivity index (χ0n) is 9.49. The number of thiocarbonyl (C=S) groups is 1. The van der Waals surface area contributed by atoms with Gasteiger partial charge in [-0.25, -0.2) is 0 Å². The maximum absolute atomic E-state index is 5.81. The van der Waals surface area contributed by atoms with E-state index < -0.39 is 0 Å². The van der Waals surface area contributed by atoms with Gasteiger partial charge in [0.15, 0.2) is 0 Å². The molecule has 1 aliphatic heterocycles. The number of rotatable bonds is 2. The lowest BCUT2D eigenvalue weighted by Crippen LogP contribution is -2.28. The molecule has 0 spiro atoms. The van der Waals surface area contributed by atoms with Gasteiger partial charge in [-0.3, -0.25) is 0 Å². The first-order valence-corrected chi connectivity index (χ1v) is 7.96. The van der Waals surface area contributed by atoms with Gasteiger partial charge in [0.25, 0.3) is 0 Å². The number of benzene rings is 1. The van der Waals surface area contributed by atoms with E-state index in [0.717, 1.165) is 23.1 Å². The van der Waals surface area contributed by atoms with Crippen LogP contribution in [0, 0.1) is 0 Å². The van der Waals surface area contributed by atoms with Gasteiger partial charge in [-0.1, -0.05) is 28.1 Å². The molecule has 0 aromatic heterocycles. The lowest BCUT2D eigenvalue weighted by molar-refractivity contribution is 0.815. The van der Waals surface area contributed by atoms with Crippen LogP contribution < -0.4 is 10.6 Å². The minimum absolute atomic E-state index is 0.471. The van der Waals surface area contributed by atoms with Crippen LogP contribution in [-0.4, -0.2) is 29.6 Å². The van der Waals surface area contributed by atoms with Gasteiger partial charge in [-0.2, -0.15) is 11.8 Å². The van der Waals surface area contributed by atoms with Crippen molar-refractivity contribution in [3.63, 3.8) is 0 Å². The smallest absolute Gasteiger partial charge is 0.106 e. The Balaban J connectivity index is 2.32. The van der Waals surface area contributed by atoms with Crippen molar-refractivity contribution in [3.8, 4) is 0 Å². The summed E-state index contributed by atoms with van der Waals surface area (Å²) in [5, 5.41) is 0. The van der Waals surface area contributed by atoms with Crippen LogP contribution in [0.2, 0.25) is 0 Å². The van der Waals surface area contributed by atoms with Gasteiger partial charge in [-0.15, -0.1) is 0 Å². The first kappa shape index (κ1) is 13.2. The summed E-state index contributed by atoms with van der Waals surface area (Å²) in [6, 6.07) is 6.17. The highest BCUT2D eigenvalue weighted by atomic mass is 79.9. The molecule has 2 nitrogen and oxygen atoms in total. The summed E-state index contributed by atoms with van der Waals surface area (Å²) in [6.07, 6.45) is 1.22. The summed E-state index contributed by atoms with van der Waals surface area (Å²) in [4.78, 5) is 2.86. The van der Waals surface area contributed by atoms with E-state index >= 15 is 0 Å². The standard InChI is InChI=1S/C12H15BrN2S2/c13-9-2-3-11(10(8-9)12(14)16)15-4-1-6-17-7-5-15/h2-3,8H,1,4-7H2,(H2,14,16). The summed E-state index contributed by atoms with van der Waals surface area (Å²) in [7, 11) is 0. The van der Waals surface area contributed by atoms with Crippen LogP contribution in [-0.2, 0) is 0 Å². The number of thioether (sulfide) groups is 1. The predicted octanol–water partition coefficient (Wildman–Crippen LogP) is 3.03. The normalized spacial score (nSPS) is 16.6. The lowest BCUT2D eigenvalue weighted by atomic mass is 10.1. The van der Waals surface area contributed by atoms with E-state index in [1.165, 1.54) is 23.6 Å². The maximum atomic E-state index is 5.81. The van der Waals surface area contributed by atoms with Gasteiger partial charge < -0.3 is 10.6 Å².